The molecule has 1 amide bonds. The van der Waals surface area contributed by atoms with Gasteiger partial charge in [-0.25, -0.2) is 12.8 Å². The van der Waals surface area contributed by atoms with E-state index in [1.807, 2.05) is 31.2 Å². The van der Waals surface area contributed by atoms with Gasteiger partial charge in [0.2, 0.25) is 0 Å². The van der Waals surface area contributed by atoms with E-state index in [0.717, 1.165) is 15.4 Å². The molecule has 0 bridgehead atoms. The lowest BCUT2D eigenvalue weighted by Gasteiger charge is -2.20. The van der Waals surface area contributed by atoms with Crippen LogP contribution in [0.15, 0.2) is 71.6 Å². The quantitative estimate of drug-likeness (QED) is 0.468. The van der Waals surface area contributed by atoms with E-state index in [1.165, 1.54) is 49.5 Å². The van der Waals surface area contributed by atoms with Gasteiger partial charge in [0, 0.05) is 20.2 Å². The summed E-state index contributed by atoms with van der Waals surface area (Å²) in [6.45, 7) is 3.33. The molecule has 0 saturated carbocycles. The molecule has 3 aromatic rings. The highest BCUT2D eigenvalue weighted by molar-refractivity contribution is 7.92. The molecule has 174 valence electrons. The summed E-state index contributed by atoms with van der Waals surface area (Å²) in [6.07, 6.45) is 0. The molecule has 0 aliphatic rings. The number of nitrogens with zero attached hydrogens (tertiary/aromatic N) is 1. The van der Waals surface area contributed by atoms with Crippen LogP contribution in [0.4, 0.5) is 10.1 Å². The predicted octanol–water partition coefficient (Wildman–Crippen LogP) is 4.77. The molecule has 0 saturated heterocycles. The van der Waals surface area contributed by atoms with E-state index in [1.54, 1.807) is 0 Å². The van der Waals surface area contributed by atoms with Gasteiger partial charge >= 0.3 is 0 Å². The molecule has 0 fully saturated rings. The highest BCUT2D eigenvalue weighted by Gasteiger charge is 2.24. The summed E-state index contributed by atoms with van der Waals surface area (Å²) in [5, 5.41) is 2.89. The Morgan fingerprint density at radius 2 is 1.67 bits per heavy atom. The molecule has 0 unspecified atom stereocenters. The lowest BCUT2D eigenvalue weighted by atomic mass is 10.1. The van der Waals surface area contributed by atoms with Crippen LogP contribution in [0.2, 0.25) is 5.02 Å². The number of amides is 1. The van der Waals surface area contributed by atoms with Crippen molar-refractivity contribution in [2.75, 3.05) is 18.0 Å². The zero-order chi connectivity index (χ0) is 24.0. The maximum atomic E-state index is 13.2. The van der Waals surface area contributed by atoms with Crippen LogP contribution in [0.3, 0.4) is 0 Å². The van der Waals surface area contributed by atoms with Crippen LogP contribution < -0.4 is 9.62 Å². The van der Waals surface area contributed by atoms with Crippen LogP contribution in [-0.2, 0) is 27.9 Å². The summed E-state index contributed by atoms with van der Waals surface area (Å²) in [7, 11) is -2.64. The molecule has 0 aliphatic heterocycles. The van der Waals surface area contributed by atoms with E-state index in [-0.39, 0.29) is 27.7 Å². The van der Waals surface area contributed by atoms with Crippen molar-refractivity contribution in [2.24, 2.45) is 0 Å². The maximum Gasteiger partial charge on any atom is 0.264 e. The summed E-state index contributed by atoms with van der Waals surface area (Å²) in [5.41, 5.74) is 2.22. The Balaban J connectivity index is 1.75. The number of nitrogens with one attached hydrogen (secondary N) is 1. The SMILES string of the molecule is CCOCc1ccc(CNC(=O)c2cc(S(=O)(=O)N(C)c3ccc(F)cc3)ccc2Cl)cc1. The number of ether oxygens (including phenoxy) is 1. The fourth-order valence-electron chi connectivity index (χ4n) is 3.04. The number of sulfonamides is 1. The summed E-state index contributed by atoms with van der Waals surface area (Å²) >= 11 is 6.18. The summed E-state index contributed by atoms with van der Waals surface area (Å²) < 4.78 is 45.6. The number of hydrogen-bond acceptors (Lipinski definition) is 4. The molecule has 0 spiro atoms. The molecule has 6 nitrogen and oxygen atoms in total. The predicted molar refractivity (Wildman–Crippen MR) is 126 cm³/mol. The first-order valence-electron chi connectivity index (χ1n) is 10.2. The highest BCUT2D eigenvalue weighted by atomic mass is 35.5. The number of halogens is 2. The second-order valence-corrected chi connectivity index (χ2v) is 9.60. The van der Waals surface area contributed by atoms with E-state index in [4.69, 9.17) is 16.3 Å². The van der Waals surface area contributed by atoms with Crippen molar-refractivity contribution in [2.45, 2.75) is 25.0 Å². The van der Waals surface area contributed by atoms with Gasteiger partial charge in [-0.05, 0) is 60.5 Å². The second-order valence-electron chi connectivity index (χ2n) is 7.23. The number of carbonyl (C=O) groups excluding carboxylic acids is 1. The molecule has 3 aromatic carbocycles. The van der Waals surface area contributed by atoms with E-state index >= 15 is 0 Å². The molecule has 0 atom stereocenters. The molecular formula is C24H24ClFN2O4S. The topological polar surface area (TPSA) is 75.7 Å². The molecule has 33 heavy (non-hydrogen) atoms. The fourth-order valence-corrected chi connectivity index (χ4v) is 4.46. The number of rotatable bonds is 9. The normalized spacial score (nSPS) is 11.3. The van der Waals surface area contributed by atoms with E-state index in [2.05, 4.69) is 5.32 Å². The van der Waals surface area contributed by atoms with Crippen molar-refractivity contribution in [3.05, 3.63) is 94.3 Å². The van der Waals surface area contributed by atoms with Crippen molar-refractivity contribution >= 4 is 33.2 Å². The summed E-state index contributed by atoms with van der Waals surface area (Å²) in [4.78, 5) is 12.6. The Morgan fingerprint density at radius 1 is 1.03 bits per heavy atom. The fraction of sp³-hybridized carbons (Fsp3) is 0.208. The molecule has 1 N–H and O–H groups in total. The molecule has 0 radical (unpaired) electrons. The molecular weight excluding hydrogens is 467 g/mol. The van der Waals surface area contributed by atoms with Crippen molar-refractivity contribution < 1.29 is 22.3 Å². The van der Waals surface area contributed by atoms with E-state index < -0.39 is 21.7 Å². The zero-order valence-corrected chi connectivity index (χ0v) is 19.8. The zero-order valence-electron chi connectivity index (χ0n) is 18.2. The largest absolute Gasteiger partial charge is 0.377 e. The molecule has 3 rings (SSSR count). The highest BCUT2D eigenvalue weighted by Crippen LogP contribution is 2.26. The van der Waals surface area contributed by atoms with Gasteiger partial charge in [-0.15, -0.1) is 0 Å². The van der Waals surface area contributed by atoms with Gasteiger partial charge in [0.25, 0.3) is 15.9 Å². The van der Waals surface area contributed by atoms with Gasteiger partial charge < -0.3 is 10.1 Å². The maximum absolute atomic E-state index is 13.2. The summed E-state index contributed by atoms with van der Waals surface area (Å²) in [6, 6.07) is 16.6. The minimum Gasteiger partial charge on any atom is -0.377 e. The monoisotopic (exact) mass is 490 g/mol. The lowest BCUT2D eigenvalue weighted by Crippen LogP contribution is -2.27. The molecule has 0 aromatic heterocycles. The smallest absolute Gasteiger partial charge is 0.264 e. The van der Waals surface area contributed by atoms with Crippen molar-refractivity contribution in [1.82, 2.24) is 5.32 Å². The molecule has 0 heterocycles. The Labute approximate surface area is 198 Å². The standard InChI is InChI=1S/C24H24ClFN2O4S/c1-3-32-16-18-6-4-17(5-7-18)15-27-24(29)22-14-21(12-13-23(22)25)33(30,31)28(2)20-10-8-19(26)9-11-20/h4-14H,3,15-16H2,1-2H3,(H,27,29). The Bertz CT molecular complexity index is 1220. The first-order chi connectivity index (χ1) is 15.7. The van der Waals surface area contributed by atoms with Crippen molar-refractivity contribution in [3.8, 4) is 0 Å². The number of hydrogen-bond donors (Lipinski definition) is 1. The minimum absolute atomic E-state index is 0.0400. The van der Waals surface area contributed by atoms with E-state index in [0.29, 0.717) is 13.2 Å². The van der Waals surface area contributed by atoms with Crippen molar-refractivity contribution in [1.29, 1.82) is 0 Å². The van der Waals surface area contributed by atoms with Gasteiger partial charge in [0.15, 0.2) is 0 Å². The van der Waals surface area contributed by atoms with Crippen LogP contribution >= 0.6 is 11.6 Å². The Hall–Kier alpha value is -2.94. The van der Waals surface area contributed by atoms with Crippen molar-refractivity contribution in [3.63, 3.8) is 0 Å². The number of anilines is 1. The first-order valence-corrected chi connectivity index (χ1v) is 12.0. The van der Waals surface area contributed by atoms with Gasteiger partial charge in [-0.1, -0.05) is 35.9 Å². The van der Waals surface area contributed by atoms with Crippen LogP contribution in [0.25, 0.3) is 0 Å². The van der Waals surface area contributed by atoms with Crippen LogP contribution in [-0.4, -0.2) is 28.0 Å². The van der Waals surface area contributed by atoms with Gasteiger partial charge in [0.05, 0.1) is 27.8 Å². The van der Waals surface area contributed by atoms with E-state index in [9.17, 15) is 17.6 Å². The third kappa shape index (κ3) is 6.10. The molecule has 0 aliphatic carbocycles. The van der Waals surface area contributed by atoms with Crippen LogP contribution in [0, 0.1) is 5.82 Å². The second kappa shape index (κ2) is 10.8. The third-order valence-electron chi connectivity index (χ3n) is 4.98. The van der Waals surface area contributed by atoms with Gasteiger partial charge in [-0.3, -0.25) is 9.10 Å². The van der Waals surface area contributed by atoms with Gasteiger partial charge in [-0.2, -0.15) is 0 Å². The van der Waals surface area contributed by atoms with Crippen LogP contribution in [0.1, 0.15) is 28.4 Å². The molecule has 9 heteroatoms. The average molecular weight is 491 g/mol. The summed E-state index contributed by atoms with van der Waals surface area (Å²) in [5.74, 6) is -0.973. The average Bonchev–Trinajstić information content (AvgIpc) is 2.82. The number of carbonyl (C=O) groups is 1. The van der Waals surface area contributed by atoms with Gasteiger partial charge in [0.1, 0.15) is 5.82 Å². The minimum atomic E-state index is -4.00. The van der Waals surface area contributed by atoms with Crippen LogP contribution in [0.5, 0.6) is 0 Å². The first kappa shape index (κ1) is 24.7. The third-order valence-corrected chi connectivity index (χ3v) is 7.09. The number of benzene rings is 3. The Kier molecular flexibility index (Phi) is 8.07. The Morgan fingerprint density at radius 3 is 2.30 bits per heavy atom. The lowest BCUT2D eigenvalue weighted by molar-refractivity contribution is 0.0950.